The summed E-state index contributed by atoms with van der Waals surface area (Å²) in [5.74, 6) is -1.64. The van der Waals surface area contributed by atoms with Crippen LogP contribution in [0, 0.1) is 5.82 Å². The highest BCUT2D eigenvalue weighted by atomic mass is 35.5. The quantitative estimate of drug-likeness (QED) is 0.690. The second-order valence-electron chi connectivity index (χ2n) is 6.73. The summed E-state index contributed by atoms with van der Waals surface area (Å²) in [6.45, 7) is 0.512. The minimum Gasteiger partial charge on any atom is -0.364 e. The second-order valence-corrected chi connectivity index (χ2v) is 9.08. The molecule has 1 aromatic carbocycles. The standard InChI is InChI=1S/C19H20ClFN4O4S/c1-23-12-13(11-17(23)19(22)27)30(28,29)25-9-7-24(8-10-25)18(26)6-5-14-15(20)3-2-4-16(14)21/h2-6,11-12H,7-10H2,1H3,(H2,22,27)/b6-5+. The molecule has 0 spiro atoms. The number of nitrogens with zero attached hydrogens (tertiary/aromatic N) is 3. The Morgan fingerprint density at radius 2 is 1.87 bits per heavy atom. The molecule has 0 aliphatic carbocycles. The van der Waals surface area contributed by atoms with E-state index in [1.165, 1.54) is 63.4 Å². The summed E-state index contributed by atoms with van der Waals surface area (Å²) in [5.41, 5.74) is 5.44. The zero-order valence-electron chi connectivity index (χ0n) is 16.1. The number of sulfonamides is 1. The number of rotatable bonds is 5. The van der Waals surface area contributed by atoms with E-state index in [0.29, 0.717) is 0 Å². The summed E-state index contributed by atoms with van der Waals surface area (Å²) >= 11 is 5.94. The first-order chi connectivity index (χ1) is 14.1. The number of carbonyl (C=O) groups is 2. The van der Waals surface area contributed by atoms with Gasteiger partial charge in [0, 0.05) is 51.1 Å². The van der Waals surface area contributed by atoms with Crippen molar-refractivity contribution in [1.29, 1.82) is 0 Å². The number of piperazine rings is 1. The molecule has 160 valence electrons. The molecule has 2 N–H and O–H groups in total. The second kappa shape index (κ2) is 8.58. The van der Waals surface area contributed by atoms with Crippen LogP contribution in [-0.4, -0.2) is 60.2 Å². The Morgan fingerprint density at radius 3 is 2.43 bits per heavy atom. The number of benzene rings is 1. The number of hydrogen-bond acceptors (Lipinski definition) is 4. The summed E-state index contributed by atoms with van der Waals surface area (Å²) < 4.78 is 42.0. The molecule has 0 bridgehead atoms. The van der Waals surface area contributed by atoms with E-state index in [0.717, 1.165) is 0 Å². The van der Waals surface area contributed by atoms with Crippen molar-refractivity contribution in [2.45, 2.75) is 4.90 Å². The van der Waals surface area contributed by atoms with Crippen molar-refractivity contribution < 1.29 is 22.4 Å². The molecule has 2 aromatic rings. The van der Waals surface area contributed by atoms with Crippen molar-refractivity contribution in [1.82, 2.24) is 13.8 Å². The first kappa shape index (κ1) is 22.0. The lowest BCUT2D eigenvalue weighted by Crippen LogP contribution is -2.50. The van der Waals surface area contributed by atoms with E-state index in [2.05, 4.69) is 0 Å². The van der Waals surface area contributed by atoms with Crippen LogP contribution in [-0.2, 0) is 21.9 Å². The van der Waals surface area contributed by atoms with Crippen molar-refractivity contribution in [2.24, 2.45) is 12.8 Å². The predicted octanol–water partition coefficient (Wildman–Crippen LogP) is 1.46. The molecule has 11 heteroatoms. The van der Waals surface area contributed by atoms with Gasteiger partial charge in [-0.3, -0.25) is 9.59 Å². The van der Waals surface area contributed by atoms with Crippen molar-refractivity contribution >= 4 is 39.5 Å². The Labute approximate surface area is 178 Å². The maximum absolute atomic E-state index is 13.8. The van der Waals surface area contributed by atoms with Gasteiger partial charge in [0.1, 0.15) is 16.4 Å². The van der Waals surface area contributed by atoms with Crippen molar-refractivity contribution in [3.8, 4) is 0 Å². The van der Waals surface area contributed by atoms with Crippen LogP contribution < -0.4 is 5.73 Å². The molecule has 1 aliphatic rings. The Balaban J connectivity index is 1.67. The summed E-state index contributed by atoms with van der Waals surface area (Å²) in [6, 6.07) is 5.46. The lowest BCUT2D eigenvalue weighted by Gasteiger charge is -2.33. The number of amides is 2. The highest BCUT2D eigenvalue weighted by Gasteiger charge is 2.31. The van der Waals surface area contributed by atoms with E-state index in [1.54, 1.807) is 0 Å². The first-order valence-corrected chi connectivity index (χ1v) is 10.8. The molecular weight excluding hydrogens is 435 g/mol. The van der Waals surface area contributed by atoms with Crippen molar-refractivity contribution in [3.63, 3.8) is 0 Å². The van der Waals surface area contributed by atoms with Crippen LogP contribution in [0.15, 0.2) is 41.4 Å². The van der Waals surface area contributed by atoms with Gasteiger partial charge in [-0.05, 0) is 24.3 Å². The number of primary amides is 1. The van der Waals surface area contributed by atoms with E-state index in [9.17, 15) is 22.4 Å². The third-order valence-electron chi connectivity index (χ3n) is 4.81. The summed E-state index contributed by atoms with van der Waals surface area (Å²) in [7, 11) is -2.30. The third kappa shape index (κ3) is 4.40. The number of carbonyl (C=O) groups excluding carboxylic acids is 2. The van der Waals surface area contributed by atoms with Crippen LogP contribution in [0.4, 0.5) is 4.39 Å². The minimum atomic E-state index is -3.83. The molecule has 0 saturated carbocycles. The van der Waals surface area contributed by atoms with Gasteiger partial charge in [0.25, 0.3) is 5.91 Å². The molecule has 0 atom stereocenters. The SMILES string of the molecule is Cn1cc(S(=O)(=O)N2CCN(C(=O)/C=C/c3c(F)cccc3Cl)CC2)cc1C(N)=O. The van der Waals surface area contributed by atoms with Gasteiger partial charge in [0.2, 0.25) is 15.9 Å². The van der Waals surface area contributed by atoms with E-state index in [-0.39, 0.29) is 53.3 Å². The zero-order chi connectivity index (χ0) is 22.1. The largest absolute Gasteiger partial charge is 0.364 e. The molecule has 1 aromatic heterocycles. The molecule has 0 unspecified atom stereocenters. The van der Waals surface area contributed by atoms with Gasteiger partial charge in [-0.25, -0.2) is 12.8 Å². The smallest absolute Gasteiger partial charge is 0.265 e. The fourth-order valence-electron chi connectivity index (χ4n) is 3.15. The predicted molar refractivity (Wildman–Crippen MR) is 110 cm³/mol. The molecular formula is C19H20ClFN4O4S. The van der Waals surface area contributed by atoms with E-state index in [1.807, 2.05) is 0 Å². The Hall–Kier alpha value is -2.69. The number of hydrogen-bond donors (Lipinski definition) is 1. The van der Waals surface area contributed by atoms with E-state index >= 15 is 0 Å². The van der Waals surface area contributed by atoms with Crippen LogP contribution >= 0.6 is 11.6 Å². The fourth-order valence-corrected chi connectivity index (χ4v) is 4.87. The molecule has 1 fully saturated rings. The van der Waals surface area contributed by atoms with Gasteiger partial charge in [-0.2, -0.15) is 4.31 Å². The van der Waals surface area contributed by atoms with Crippen LogP contribution in [0.1, 0.15) is 16.1 Å². The molecule has 3 rings (SSSR count). The van der Waals surface area contributed by atoms with Crippen LogP contribution in [0.5, 0.6) is 0 Å². The summed E-state index contributed by atoms with van der Waals surface area (Å²) in [5, 5.41) is 0.188. The van der Waals surface area contributed by atoms with Gasteiger partial charge in [-0.15, -0.1) is 0 Å². The maximum Gasteiger partial charge on any atom is 0.265 e. The molecule has 2 amide bonds. The highest BCUT2D eigenvalue weighted by molar-refractivity contribution is 7.89. The molecule has 2 heterocycles. The normalized spacial score (nSPS) is 15.6. The van der Waals surface area contributed by atoms with Gasteiger partial charge in [0.15, 0.2) is 0 Å². The minimum absolute atomic E-state index is 0.0346. The topological polar surface area (TPSA) is 106 Å². The van der Waals surface area contributed by atoms with Crippen LogP contribution in [0.3, 0.4) is 0 Å². The van der Waals surface area contributed by atoms with Gasteiger partial charge in [0.05, 0.1) is 5.02 Å². The lowest BCUT2D eigenvalue weighted by molar-refractivity contribution is -0.127. The van der Waals surface area contributed by atoms with Crippen LogP contribution in [0.2, 0.25) is 5.02 Å². The van der Waals surface area contributed by atoms with Gasteiger partial charge < -0.3 is 15.2 Å². The van der Waals surface area contributed by atoms with Gasteiger partial charge in [-0.1, -0.05) is 17.7 Å². The third-order valence-corrected chi connectivity index (χ3v) is 7.01. The molecule has 8 nitrogen and oxygen atoms in total. The molecule has 1 saturated heterocycles. The summed E-state index contributed by atoms with van der Waals surface area (Å²) in [4.78, 5) is 25.2. The average molecular weight is 455 g/mol. The fraction of sp³-hybridized carbons (Fsp3) is 0.263. The highest BCUT2D eigenvalue weighted by Crippen LogP contribution is 2.22. The Bertz CT molecular complexity index is 1100. The number of aromatic nitrogens is 1. The first-order valence-electron chi connectivity index (χ1n) is 8.98. The number of aryl methyl sites for hydroxylation is 1. The number of nitrogens with two attached hydrogens (primary N) is 1. The van der Waals surface area contributed by atoms with E-state index in [4.69, 9.17) is 17.3 Å². The van der Waals surface area contributed by atoms with Crippen LogP contribution in [0.25, 0.3) is 6.08 Å². The molecule has 30 heavy (non-hydrogen) atoms. The number of halogens is 2. The van der Waals surface area contributed by atoms with E-state index < -0.39 is 21.7 Å². The summed E-state index contributed by atoms with van der Waals surface area (Å²) in [6.07, 6.45) is 3.84. The van der Waals surface area contributed by atoms with Crippen molar-refractivity contribution in [2.75, 3.05) is 26.2 Å². The average Bonchev–Trinajstić information content (AvgIpc) is 3.10. The Kier molecular flexibility index (Phi) is 6.30. The van der Waals surface area contributed by atoms with Gasteiger partial charge >= 0.3 is 0 Å². The zero-order valence-corrected chi connectivity index (χ0v) is 17.7. The maximum atomic E-state index is 13.8. The molecule has 1 aliphatic heterocycles. The monoisotopic (exact) mass is 454 g/mol. The van der Waals surface area contributed by atoms with Crippen molar-refractivity contribution in [3.05, 3.63) is 58.6 Å². The molecule has 0 radical (unpaired) electrons. The Morgan fingerprint density at radius 1 is 1.20 bits per heavy atom. The lowest BCUT2D eigenvalue weighted by atomic mass is 10.2.